The van der Waals surface area contributed by atoms with Crippen molar-refractivity contribution in [2.24, 2.45) is 0 Å². The summed E-state index contributed by atoms with van der Waals surface area (Å²) < 4.78 is 0. The van der Waals surface area contributed by atoms with Crippen molar-refractivity contribution in [3.63, 3.8) is 0 Å². The van der Waals surface area contributed by atoms with Crippen LogP contribution in [0.2, 0.25) is 0 Å². The van der Waals surface area contributed by atoms with Gasteiger partial charge in [0.1, 0.15) is 0 Å². The second-order valence-corrected chi connectivity index (χ2v) is 5.29. The zero-order valence-corrected chi connectivity index (χ0v) is 11.8. The van der Waals surface area contributed by atoms with Crippen LogP contribution in [0.5, 0.6) is 0 Å². The Morgan fingerprint density at radius 3 is 2.56 bits per heavy atom. The fourth-order valence-corrected chi connectivity index (χ4v) is 2.74. The molecule has 0 amide bonds. The highest BCUT2D eigenvalue weighted by Crippen LogP contribution is 2.14. The predicted molar refractivity (Wildman–Crippen MR) is 77.8 cm³/mol. The summed E-state index contributed by atoms with van der Waals surface area (Å²) >= 11 is 0. The van der Waals surface area contributed by atoms with Gasteiger partial charge in [0.15, 0.2) is 0 Å². The van der Waals surface area contributed by atoms with Crippen molar-refractivity contribution in [1.82, 2.24) is 10.2 Å². The van der Waals surface area contributed by atoms with Crippen LogP contribution in [0.3, 0.4) is 0 Å². The van der Waals surface area contributed by atoms with Crippen molar-refractivity contribution in [2.75, 3.05) is 19.6 Å². The van der Waals surface area contributed by atoms with E-state index in [4.69, 9.17) is 0 Å². The highest BCUT2D eigenvalue weighted by molar-refractivity contribution is 5.22. The molecule has 2 rings (SSSR count). The lowest BCUT2D eigenvalue weighted by atomic mass is 10.1. The van der Waals surface area contributed by atoms with Crippen LogP contribution < -0.4 is 5.32 Å². The van der Waals surface area contributed by atoms with Crippen LogP contribution in [0.25, 0.3) is 0 Å². The normalized spacial score (nSPS) is 21.1. The molecule has 1 aliphatic heterocycles. The summed E-state index contributed by atoms with van der Waals surface area (Å²) in [5.41, 5.74) is 2.89. The lowest BCUT2D eigenvalue weighted by Gasteiger charge is -2.36. The SMILES string of the molecule is CCCC1CNCCN1Cc1ccc(CC)cc1. The Balaban J connectivity index is 1.96. The Morgan fingerprint density at radius 2 is 1.89 bits per heavy atom. The average Bonchev–Trinajstić information content (AvgIpc) is 2.42. The Labute approximate surface area is 111 Å². The number of hydrogen-bond acceptors (Lipinski definition) is 2. The maximum Gasteiger partial charge on any atom is 0.0237 e. The third-order valence-corrected chi connectivity index (χ3v) is 3.91. The summed E-state index contributed by atoms with van der Waals surface area (Å²) in [5, 5.41) is 3.51. The van der Waals surface area contributed by atoms with Gasteiger partial charge in [-0.05, 0) is 24.0 Å². The minimum Gasteiger partial charge on any atom is -0.314 e. The third kappa shape index (κ3) is 3.56. The zero-order chi connectivity index (χ0) is 12.8. The maximum absolute atomic E-state index is 3.51. The monoisotopic (exact) mass is 246 g/mol. The first-order valence-corrected chi connectivity index (χ1v) is 7.36. The van der Waals surface area contributed by atoms with E-state index in [0.717, 1.165) is 32.1 Å². The average molecular weight is 246 g/mol. The quantitative estimate of drug-likeness (QED) is 0.859. The molecule has 1 N–H and O–H groups in total. The molecule has 1 heterocycles. The molecule has 0 aliphatic carbocycles. The van der Waals surface area contributed by atoms with Gasteiger partial charge in [0, 0.05) is 32.2 Å². The van der Waals surface area contributed by atoms with Gasteiger partial charge in [0.25, 0.3) is 0 Å². The maximum atomic E-state index is 3.51. The van der Waals surface area contributed by atoms with E-state index in [9.17, 15) is 0 Å². The summed E-state index contributed by atoms with van der Waals surface area (Å²) in [5.74, 6) is 0. The standard InChI is InChI=1S/C16H26N2/c1-3-5-16-12-17-10-11-18(16)13-15-8-6-14(4-2)7-9-15/h6-9,16-17H,3-5,10-13H2,1-2H3. The van der Waals surface area contributed by atoms with E-state index >= 15 is 0 Å². The van der Waals surface area contributed by atoms with E-state index in [0.29, 0.717) is 0 Å². The topological polar surface area (TPSA) is 15.3 Å². The third-order valence-electron chi connectivity index (χ3n) is 3.91. The molecule has 1 aliphatic rings. The number of aryl methyl sites for hydroxylation is 1. The largest absolute Gasteiger partial charge is 0.314 e. The first kappa shape index (κ1) is 13.6. The molecule has 1 aromatic carbocycles. The number of piperazine rings is 1. The summed E-state index contributed by atoms with van der Waals surface area (Å²) in [6, 6.07) is 9.85. The van der Waals surface area contributed by atoms with E-state index in [1.54, 1.807) is 0 Å². The summed E-state index contributed by atoms with van der Waals surface area (Å²) in [7, 11) is 0. The molecule has 1 fully saturated rings. The van der Waals surface area contributed by atoms with Gasteiger partial charge >= 0.3 is 0 Å². The van der Waals surface area contributed by atoms with E-state index in [-0.39, 0.29) is 0 Å². The highest BCUT2D eigenvalue weighted by atomic mass is 15.2. The number of benzene rings is 1. The van der Waals surface area contributed by atoms with Crippen molar-refractivity contribution in [3.8, 4) is 0 Å². The second-order valence-electron chi connectivity index (χ2n) is 5.29. The summed E-state index contributed by atoms with van der Waals surface area (Å²) in [6.45, 7) is 9.07. The molecule has 0 saturated carbocycles. The van der Waals surface area contributed by atoms with Crippen LogP contribution >= 0.6 is 0 Å². The first-order chi connectivity index (χ1) is 8.83. The van der Waals surface area contributed by atoms with Gasteiger partial charge in [-0.25, -0.2) is 0 Å². The molecule has 100 valence electrons. The number of nitrogens with one attached hydrogen (secondary N) is 1. The van der Waals surface area contributed by atoms with Crippen LogP contribution in [0.1, 0.15) is 37.8 Å². The molecule has 0 radical (unpaired) electrons. The van der Waals surface area contributed by atoms with E-state index < -0.39 is 0 Å². The predicted octanol–water partition coefficient (Wildman–Crippen LogP) is 2.82. The van der Waals surface area contributed by atoms with Gasteiger partial charge in [-0.1, -0.05) is 44.5 Å². The van der Waals surface area contributed by atoms with Crippen LogP contribution in [-0.4, -0.2) is 30.6 Å². The molecular formula is C16H26N2. The highest BCUT2D eigenvalue weighted by Gasteiger charge is 2.20. The van der Waals surface area contributed by atoms with Gasteiger partial charge in [-0.2, -0.15) is 0 Å². The van der Waals surface area contributed by atoms with Crippen LogP contribution in [0, 0.1) is 0 Å². The Kier molecular flexibility index (Phi) is 5.21. The van der Waals surface area contributed by atoms with Gasteiger partial charge in [0.2, 0.25) is 0 Å². The molecule has 0 bridgehead atoms. The zero-order valence-electron chi connectivity index (χ0n) is 11.8. The van der Waals surface area contributed by atoms with E-state index in [1.807, 2.05) is 0 Å². The summed E-state index contributed by atoms with van der Waals surface area (Å²) in [6.07, 6.45) is 3.71. The molecule has 2 heteroatoms. The molecule has 2 nitrogen and oxygen atoms in total. The van der Waals surface area contributed by atoms with Crippen LogP contribution in [0.4, 0.5) is 0 Å². The molecule has 0 spiro atoms. The van der Waals surface area contributed by atoms with Crippen molar-refractivity contribution < 1.29 is 0 Å². The molecule has 0 aromatic heterocycles. The van der Waals surface area contributed by atoms with Gasteiger partial charge in [-0.3, -0.25) is 4.90 Å². The molecule has 1 unspecified atom stereocenters. The van der Waals surface area contributed by atoms with Crippen molar-refractivity contribution in [2.45, 2.75) is 45.7 Å². The fraction of sp³-hybridized carbons (Fsp3) is 0.625. The molecule has 18 heavy (non-hydrogen) atoms. The van der Waals surface area contributed by atoms with Crippen LogP contribution in [-0.2, 0) is 13.0 Å². The van der Waals surface area contributed by atoms with Gasteiger partial charge in [-0.15, -0.1) is 0 Å². The lowest BCUT2D eigenvalue weighted by Crippen LogP contribution is -2.50. The molecule has 1 saturated heterocycles. The number of rotatable bonds is 5. The minimum atomic E-state index is 0.717. The van der Waals surface area contributed by atoms with Crippen molar-refractivity contribution in [1.29, 1.82) is 0 Å². The van der Waals surface area contributed by atoms with E-state index in [2.05, 4.69) is 48.3 Å². The Hall–Kier alpha value is -0.860. The minimum absolute atomic E-state index is 0.717. The number of nitrogens with zero attached hydrogens (tertiary/aromatic N) is 1. The Bertz CT molecular complexity index is 343. The van der Waals surface area contributed by atoms with Crippen molar-refractivity contribution in [3.05, 3.63) is 35.4 Å². The fourth-order valence-electron chi connectivity index (χ4n) is 2.74. The van der Waals surface area contributed by atoms with E-state index in [1.165, 1.54) is 30.5 Å². The Morgan fingerprint density at radius 1 is 1.17 bits per heavy atom. The van der Waals surface area contributed by atoms with Crippen molar-refractivity contribution >= 4 is 0 Å². The smallest absolute Gasteiger partial charge is 0.0237 e. The second kappa shape index (κ2) is 6.91. The number of hydrogen-bond donors (Lipinski definition) is 1. The molecule has 1 aromatic rings. The summed E-state index contributed by atoms with van der Waals surface area (Å²) in [4.78, 5) is 2.64. The van der Waals surface area contributed by atoms with Gasteiger partial charge < -0.3 is 5.32 Å². The lowest BCUT2D eigenvalue weighted by molar-refractivity contribution is 0.144. The molecule has 1 atom stereocenters. The first-order valence-electron chi connectivity index (χ1n) is 7.36. The molecular weight excluding hydrogens is 220 g/mol. The van der Waals surface area contributed by atoms with Gasteiger partial charge in [0.05, 0.1) is 0 Å². The van der Waals surface area contributed by atoms with Crippen LogP contribution in [0.15, 0.2) is 24.3 Å².